The van der Waals surface area contributed by atoms with E-state index in [2.05, 4.69) is 416 Å². The molecule has 0 amide bonds. The van der Waals surface area contributed by atoms with Gasteiger partial charge in [0.25, 0.3) is 6.71 Å². The highest BCUT2D eigenvalue weighted by molar-refractivity contribution is 7.00. The zero-order chi connectivity index (χ0) is 73.3. The number of anilines is 6. The fourth-order valence-electron chi connectivity index (χ4n) is 17.1. The van der Waals surface area contributed by atoms with Crippen molar-refractivity contribution in [2.45, 2.75) is 124 Å². The zero-order valence-corrected chi connectivity index (χ0v) is 63.9. The third kappa shape index (κ3) is 11.8. The average Bonchev–Trinajstić information content (AvgIpc) is 0.727. The lowest BCUT2D eigenvalue weighted by Crippen LogP contribution is -2.61. The summed E-state index contributed by atoms with van der Waals surface area (Å²) in [7, 11) is 0. The molecule has 3 aliphatic rings. The molecule has 14 aromatic rings. The average molecular weight is 1370 g/mol. The summed E-state index contributed by atoms with van der Waals surface area (Å²) >= 11 is 0. The van der Waals surface area contributed by atoms with Gasteiger partial charge in [0.1, 0.15) is 0 Å². The molecule has 2 heterocycles. The zero-order valence-electron chi connectivity index (χ0n) is 63.9. The molecule has 0 radical (unpaired) electrons. The largest absolute Gasteiger partial charge is 0.310 e. The maximum absolute atomic E-state index is 2.76. The number of rotatable bonds is 10. The summed E-state index contributed by atoms with van der Waals surface area (Å²) in [6.45, 7) is 32.9. The lowest BCUT2D eigenvalue weighted by Gasteiger charge is -2.46. The Morgan fingerprint density at radius 3 is 1.08 bits per heavy atom. The molecule has 0 saturated carbocycles. The van der Waals surface area contributed by atoms with Gasteiger partial charge in [-0.05, 0) is 204 Å². The van der Waals surface area contributed by atoms with Gasteiger partial charge in [0.15, 0.2) is 0 Å². The van der Waals surface area contributed by atoms with Gasteiger partial charge in [0, 0.05) is 50.4 Å². The number of hydrogen-bond acceptors (Lipinski definition) is 2. The van der Waals surface area contributed by atoms with E-state index >= 15 is 0 Å². The summed E-state index contributed by atoms with van der Waals surface area (Å²) in [6, 6.07) is 119. The molecule has 0 N–H and O–H groups in total. The van der Waals surface area contributed by atoms with E-state index in [0.717, 1.165) is 73.1 Å². The molecular formula is C103H93BN2. The Hall–Kier alpha value is -11.3. The van der Waals surface area contributed by atoms with Crippen molar-refractivity contribution in [2.24, 2.45) is 0 Å². The fraction of sp³-hybridized carbons (Fsp3) is 0.184. The monoisotopic (exact) mass is 1370 g/mol. The van der Waals surface area contributed by atoms with Crippen molar-refractivity contribution in [1.82, 2.24) is 0 Å². The van der Waals surface area contributed by atoms with E-state index in [-0.39, 0.29) is 33.8 Å². The van der Waals surface area contributed by atoms with E-state index in [9.17, 15) is 0 Å². The van der Waals surface area contributed by atoms with Crippen LogP contribution in [-0.2, 0) is 27.1 Å². The third-order valence-electron chi connectivity index (χ3n) is 23.0. The van der Waals surface area contributed by atoms with Crippen LogP contribution in [0.3, 0.4) is 0 Å². The Morgan fingerprint density at radius 1 is 0.236 bits per heavy atom. The lowest BCUT2D eigenvalue weighted by molar-refractivity contribution is 0.569. The first-order valence-corrected chi connectivity index (χ1v) is 38.1. The number of fused-ring (bicyclic) bond motifs is 7. The minimum absolute atomic E-state index is 0.101. The molecule has 106 heavy (non-hydrogen) atoms. The van der Waals surface area contributed by atoms with Gasteiger partial charge in [-0.3, -0.25) is 0 Å². The highest BCUT2D eigenvalue weighted by Crippen LogP contribution is 2.58. The highest BCUT2D eigenvalue weighted by atomic mass is 15.2. The first kappa shape index (κ1) is 67.9. The molecule has 17 rings (SSSR count). The molecule has 14 aromatic carbocycles. The standard InChI is InChI=1S/C103H93BN2/c1-99(2,3)77-55-75(56-78(61-77)100(4,5)6)73-51-53-91-90(57-73)104-89-52-50-74(72-45-32-44-71(54-72)66-34-20-15-21-35-66)58-92(89)106(98-85(69-40-26-18-27-41-69)64-80(102(10,11)12)65-86(98)70-42-28-19-29-43-70)94-60-76(81-47-33-49-88-95(81)82-46-30-31-48-87(82)103(88,13)14)59-93(96(94)104)105(91)97-83(67-36-22-16-23-37-67)62-79(101(7,8)9)63-84(97)68-38-24-17-25-39-68/h15-65H,1-14H3. The summed E-state index contributed by atoms with van der Waals surface area (Å²) in [6.07, 6.45) is 0. The quantitative estimate of drug-likeness (QED) is 0.126. The van der Waals surface area contributed by atoms with Gasteiger partial charge in [-0.2, -0.15) is 0 Å². The Bertz CT molecular complexity index is 5610. The second-order valence-electron chi connectivity index (χ2n) is 34.5. The Kier molecular flexibility index (Phi) is 16.3. The van der Waals surface area contributed by atoms with Crippen LogP contribution in [0.1, 0.15) is 130 Å². The smallest absolute Gasteiger partial charge is 0.252 e. The van der Waals surface area contributed by atoms with Crippen LogP contribution in [0.2, 0.25) is 0 Å². The van der Waals surface area contributed by atoms with Gasteiger partial charge in [0.05, 0.1) is 11.4 Å². The number of benzene rings is 14. The molecule has 0 atom stereocenters. The van der Waals surface area contributed by atoms with Crippen LogP contribution in [0.5, 0.6) is 0 Å². The van der Waals surface area contributed by atoms with Crippen LogP contribution in [-0.4, -0.2) is 6.71 Å². The van der Waals surface area contributed by atoms with E-state index in [1.807, 2.05) is 0 Å². The molecule has 0 saturated heterocycles. The molecule has 0 unspecified atom stereocenters. The van der Waals surface area contributed by atoms with Gasteiger partial charge >= 0.3 is 0 Å². The first-order chi connectivity index (χ1) is 50.9. The lowest BCUT2D eigenvalue weighted by atomic mass is 9.33. The Balaban J connectivity index is 1.09. The van der Waals surface area contributed by atoms with E-state index in [0.29, 0.717) is 0 Å². The minimum atomic E-state index is -0.265. The summed E-state index contributed by atoms with van der Waals surface area (Å²) in [5, 5.41) is 0. The molecule has 0 aromatic heterocycles. The van der Waals surface area contributed by atoms with Gasteiger partial charge in [0.2, 0.25) is 0 Å². The molecular weight excluding hydrogens is 1280 g/mol. The SMILES string of the molecule is CC(C)(C)c1cc(-c2ccc3c(c2)B2c4ccc(-c5cccc(-c6ccccc6)c5)cc4N(c4c(-c5ccccc5)cc(C(C)(C)C)cc4-c4ccccc4)c4cc(-c5cccc6c5-c5ccccc5C6(C)C)cc(c42)N3c2c(-c3ccccc3)cc(C(C)(C)C)cc2-c2ccccc2)cc(C(C)(C)C)c1. The van der Waals surface area contributed by atoms with Crippen LogP contribution < -0.4 is 26.2 Å². The predicted molar refractivity (Wildman–Crippen MR) is 456 cm³/mol. The van der Waals surface area contributed by atoms with Crippen LogP contribution in [0.25, 0.3) is 100 Å². The van der Waals surface area contributed by atoms with Crippen molar-refractivity contribution >= 4 is 57.2 Å². The normalized spacial score (nSPS) is 13.6. The second kappa shape index (κ2) is 25.5. The Morgan fingerprint density at radius 2 is 0.594 bits per heavy atom. The topological polar surface area (TPSA) is 6.48 Å². The first-order valence-electron chi connectivity index (χ1n) is 38.1. The molecule has 3 heteroatoms. The second-order valence-corrected chi connectivity index (χ2v) is 34.5. The maximum Gasteiger partial charge on any atom is 0.252 e. The van der Waals surface area contributed by atoms with E-state index in [4.69, 9.17) is 0 Å². The van der Waals surface area contributed by atoms with Crippen molar-refractivity contribution in [3.05, 3.63) is 343 Å². The third-order valence-corrected chi connectivity index (χ3v) is 23.0. The molecule has 0 bridgehead atoms. The minimum Gasteiger partial charge on any atom is -0.310 e. The van der Waals surface area contributed by atoms with Crippen LogP contribution in [0, 0.1) is 0 Å². The maximum atomic E-state index is 2.76. The summed E-state index contributed by atoms with van der Waals surface area (Å²) in [5.74, 6) is 0. The van der Waals surface area contributed by atoms with Crippen molar-refractivity contribution < 1.29 is 0 Å². The molecule has 0 spiro atoms. The summed E-state index contributed by atoms with van der Waals surface area (Å²) < 4.78 is 0. The molecule has 2 aliphatic heterocycles. The van der Waals surface area contributed by atoms with Gasteiger partial charge in [-0.15, -0.1) is 0 Å². The van der Waals surface area contributed by atoms with Gasteiger partial charge in [-0.25, -0.2) is 0 Å². The van der Waals surface area contributed by atoms with Crippen LogP contribution in [0.4, 0.5) is 34.1 Å². The molecule has 2 nitrogen and oxygen atoms in total. The fourth-order valence-corrected chi connectivity index (χ4v) is 17.1. The predicted octanol–water partition coefficient (Wildman–Crippen LogP) is 26.6. The molecule has 1 aliphatic carbocycles. The van der Waals surface area contributed by atoms with Crippen LogP contribution in [0.15, 0.2) is 309 Å². The molecule has 518 valence electrons. The van der Waals surface area contributed by atoms with Crippen molar-refractivity contribution in [3.8, 4) is 100 Å². The van der Waals surface area contributed by atoms with E-state index in [1.54, 1.807) is 0 Å². The van der Waals surface area contributed by atoms with Crippen molar-refractivity contribution in [2.75, 3.05) is 9.80 Å². The van der Waals surface area contributed by atoms with Gasteiger partial charge in [-0.1, -0.05) is 352 Å². The highest BCUT2D eigenvalue weighted by Gasteiger charge is 2.47. The van der Waals surface area contributed by atoms with Crippen molar-refractivity contribution in [3.63, 3.8) is 0 Å². The van der Waals surface area contributed by atoms with Crippen LogP contribution >= 0.6 is 0 Å². The molecule has 0 fully saturated rings. The summed E-state index contributed by atoms with van der Waals surface area (Å²) in [5.41, 5.74) is 39.0. The number of hydrogen-bond donors (Lipinski definition) is 0. The Labute approximate surface area is 629 Å². The number of nitrogens with zero attached hydrogens (tertiary/aromatic N) is 2. The van der Waals surface area contributed by atoms with Gasteiger partial charge < -0.3 is 9.80 Å². The van der Waals surface area contributed by atoms with E-state index < -0.39 is 0 Å². The van der Waals surface area contributed by atoms with E-state index in [1.165, 1.54) is 111 Å². The van der Waals surface area contributed by atoms with Crippen molar-refractivity contribution in [1.29, 1.82) is 0 Å². The summed E-state index contributed by atoms with van der Waals surface area (Å²) in [4.78, 5) is 5.50.